The van der Waals surface area contributed by atoms with E-state index in [1.807, 2.05) is 0 Å². The van der Waals surface area contributed by atoms with Crippen LogP contribution in [0.4, 0.5) is 11.4 Å². The molecular weight excluding hydrogens is 336 g/mol. The zero-order chi connectivity index (χ0) is 17.7. The van der Waals surface area contributed by atoms with Crippen molar-refractivity contribution in [3.05, 3.63) is 36.0 Å². The van der Waals surface area contributed by atoms with Crippen LogP contribution in [0.2, 0.25) is 0 Å². The number of hydrogen-bond donors (Lipinski definition) is 3. The molecule has 1 aromatic heterocycles. The van der Waals surface area contributed by atoms with Gasteiger partial charge < -0.3 is 10.1 Å². The molecule has 1 aromatic carbocycles. The van der Waals surface area contributed by atoms with E-state index in [4.69, 9.17) is 4.74 Å². The minimum absolute atomic E-state index is 0.127. The summed E-state index contributed by atoms with van der Waals surface area (Å²) in [5, 5.41) is 8.21. The lowest BCUT2D eigenvalue weighted by Gasteiger charge is -2.07. The lowest BCUT2D eigenvalue weighted by atomic mass is 10.3. The van der Waals surface area contributed by atoms with E-state index in [0.29, 0.717) is 5.69 Å². The summed E-state index contributed by atoms with van der Waals surface area (Å²) in [7, 11) is -3.94. The Hall–Kier alpha value is -2.88. The van der Waals surface area contributed by atoms with Gasteiger partial charge in [0.1, 0.15) is 0 Å². The van der Waals surface area contributed by atoms with Gasteiger partial charge in [0.15, 0.2) is 10.7 Å². The number of H-pyrrole nitrogens is 1. The highest BCUT2D eigenvalue weighted by Gasteiger charge is 2.20. The van der Waals surface area contributed by atoms with E-state index in [9.17, 15) is 18.0 Å². The van der Waals surface area contributed by atoms with Gasteiger partial charge in [0.2, 0.25) is 5.91 Å². The SMILES string of the molecule is CCOC(=O)c1cc(S(=O)(=O)Nc2ccc(NC(C)=O)cc2)[nH]n1. The van der Waals surface area contributed by atoms with Crippen LogP contribution in [0.25, 0.3) is 0 Å². The average Bonchev–Trinajstić information content (AvgIpc) is 3.00. The van der Waals surface area contributed by atoms with Crippen LogP contribution in [-0.2, 0) is 19.6 Å². The summed E-state index contributed by atoms with van der Waals surface area (Å²) in [6.07, 6.45) is 0. The van der Waals surface area contributed by atoms with Crippen LogP contribution in [0.5, 0.6) is 0 Å². The Morgan fingerprint density at radius 1 is 1.21 bits per heavy atom. The number of aromatic nitrogens is 2. The first-order valence-corrected chi connectivity index (χ1v) is 8.43. The van der Waals surface area contributed by atoms with Gasteiger partial charge in [-0.05, 0) is 31.2 Å². The predicted molar refractivity (Wildman–Crippen MR) is 86.1 cm³/mol. The molecule has 0 aliphatic heterocycles. The van der Waals surface area contributed by atoms with Crippen LogP contribution < -0.4 is 10.0 Å². The van der Waals surface area contributed by atoms with Gasteiger partial charge in [-0.1, -0.05) is 0 Å². The van der Waals surface area contributed by atoms with Crippen molar-refractivity contribution in [1.29, 1.82) is 0 Å². The molecule has 0 aliphatic rings. The number of aromatic amines is 1. The second-order valence-electron chi connectivity index (χ2n) is 4.70. The molecule has 1 heterocycles. The van der Waals surface area contributed by atoms with E-state index in [1.54, 1.807) is 19.1 Å². The number of ether oxygens (including phenoxy) is 1. The summed E-state index contributed by atoms with van der Waals surface area (Å²) in [5.41, 5.74) is 0.700. The number of esters is 1. The van der Waals surface area contributed by atoms with E-state index in [2.05, 4.69) is 20.2 Å². The summed E-state index contributed by atoms with van der Waals surface area (Å²) < 4.78 is 31.6. The number of carbonyl (C=O) groups excluding carboxylic acids is 2. The van der Waals surface area contributed by atoms with Gasteiger partial charge >= 0.3 is 5.97 Å². The third kappa shape index (κ3) is 4.32. The second kappa shape index (κ2) is 7.13. The number of hydrogen-bond acceptors (Lipinski definition) is 6. The molecule has 0 radical (unpaired) electrons. The van der Waals surface area contributed by atoms with Gasteiger partial charge in [-0.25, -0.2) is 4.79 Å². The molecule has 0 unspecified atom stereocenters. The summed E-state index contributed by atoms with van der Waals surface area (Å²) in [4.78, 5) is 22.5. The maximum Gasteiger partial charge on any atom is 0.358 e. The zero-order valence-electron chi connectivity index (χ0n) is 13.0. The Labute approximate surface area is 138 Å². The van der Waals surface area contributed by atoms with Crippen molar-refractivity contribution in [3.8, 4) is 0 Å². The lowest BCUT2D eigenvalue weighted by Crippen LogP contribution is -2.13. The van der Waals surface area contributed by atoms with E-state index < -0.39 is 16.0 Å². The van der Waals surface area contributed by atoms with Crippen LogP contribution >= 0.6 is 0 Å². The Balaban J connectivity index is 2.13. The first-order chi connectivity index (χ1) is 11.3. The maximum absolute atomic E-state index is 12.3. The predicted octanol–water partition coefficient (Wildman–Crippen LogP) is 1.35. The summed E-state index contributed by atoms with van der Waals surface area (Å²) >= 11 is 0. The number of amides is 1. The van der Waals surface area contributed by atoms with Crippen molar-refractivity contribution < 1.29 is 22.7 Å². The maximum atomic E-state index is 12.3. The molecule has 0 fully saturated rings. The summed E-state index contributed by atoms with van der Waals surface area (Å²) in [6.45, 7) is 3.16. The van der Waals surface area contributed by atoms with Gasteiger partial charge in [0.25, 0.3) is 10.0 Å². The monoisotopic (exact) mass is 352 g/mol. The minimum atomic E-state index is -3.94. The van der Waals surface area contributed by atoms with Gasteiger partial charge in [0, 0.05) is 24.4 Å². The zero-order valence-corrected chi connectivity index (χ0v) is 13.8. The number of benzene rings is 1. The number of nitrogens with zero attached hydrogens (tertiary/aromatic N) is 1. The third-order valence-electron chi connectivity index (χ3n) is 2.79. The van der Waals surface area contributed by atoms with Gasteiger partial charge in [0.05, 0.1) is 6.61 Å². The van der Waals surface area contributed by atoms with E-state index in [0.717, 1.165) is 6.07 Å². The first kappa shape index (κ1) is 17.5. The molecule has 0 saturated carbocycles. The number of sulfonamides is 1. The van der Waals surface area contributed by atoms with E-state index in [1.165, 1.54) is 19.1 Å². The van der Waals surface area contributed by atoms with Crippen molar-refractivity contribution in [3.63, 3.8) is 0 Å². The molecule has 0 saturated heterocycles. The summed E-state index contributed by atoms with van der Waals surface area (Å²) in [6, 6.07) is 7.18. The Kier molecular flexibility index (Phi) is 5.19. The molecule has 0 bridgehead atoms. The van der Waals surface area contributed by atoms with Crippen molar-refractivity contribution in [2.24, 2.45) is 0 Å². The number of nitrogens with one attached hydrogen (secondary N) is 3. The minimum Gasteiger partial charge on any atom is -0.461 e. The largest absolute Gasteiger partial charge is 0.461 e. The van der Waals surface area contributed by atoms with E-state index in [-0.39, 0.29) is 28.9 Å². The van der Waals surface area contributed by atoms with Crippen LogP contribution in [0.3, 0.4) is 0 Å². The van der Waals surface area contributed by atoms with Gasteiger partial charge in [-0.15, -0.1) is 0 Å². The Bertz CT molecular complexity index is 842. The molecule has 0 atom stereocenters. The smallest absolute Gasteiger partial charge is 0.358 e. The fourth-order valence-electron chi connectivity index (χ4n) is 1.79. The molecule has 9 nitrogen and oxygen atoms in total. The Morgan fingerprint density at radius 2 is 1.83 bits per heavy atom. The quantitative estimate of drug-likeness (QED) is 0.673. The Morgan fingerprint density at radius 3 is 2.42 bits per heavy atom. The molecule has 10 heteroatoms. The second-order valence-corrected chi connectivity index (χ2v) is 6.35. The van der Waals surface area contributed by atoms with Gasteiger partial charge in [-0.2, -0.15) is 13.5 Å². The highest BCUT2D eigenvalue weighted by Crippen LogP contribution is 2.18. The van der Waals surface area contributed by atoms with E-state index >= 15 is 0 Å². The first-order valence-electron chi connectivity index (χ1n) is 6.95. The number of rotatable bonds is 6. The van der Waals surface area contributed by atoms with Crippen molar-refractivity contribution in [2.75, 3.05) is 16.6 Å². The van der Waals surface area contributed by atoms with Crippen LogP contribution in [0, 0.1) is 0 Å². The van der Waals surface area contributed by atoms with Crippen molar-refractivity contribution in [2.45, 2.75) is 18.9 Å². The summed E-state index contributed by atoms with van der Waals surface area (Å²) in [5.74, 6) is -0.942. The molecule has 3 N–H and O–H groups in total. The molecule has 2 aromatic rings. The molecule has 1 amide bonds. The van der Waals surface area contributed by atoms with Gasteiger partial charge in [-0.3, -0.25) is 14.6 Å². The fourth-order valence-corrected chi connectivity index (χ4v) is 2.78. The molecule has 2 rings (SSSR count). The van der Waals surface area contributed by atoms with Crippen LogP contribution in [-0.4, -0.2) is 37.1 Å². The highest BCUT2D eigenvalue weighted by atomic mass is 32.2. The van der Waals surface area contributed by atoms with Crippen molar-refractivity contribution in [1.82, 2.24) is 10.2 Å². The molecule has 0 aliphatic carbocycles. The lowest BCUT2D eigenvalue weighted by molar-refractivity contribution is -0.114. The van der Waals surface area contributed by atoms with Crippen LogP contribution in [0.1, 0.15) is 24.3 Å². The normalized spacial score (nSPS) is 10.9. The molecule has 128 valence electrons. The van der Waals surface area contributed by atoms with Crippen LogP contribution in [0.15, 0.2) is 35.4 Å². The number of carbonyl (C=O) groups is 2. The average molecular weight is 352 g/mol. The number of anilines is 2. The standard InChI is InChI=1S/C14H16N4O5S/c1-3-23-14(20)12-8-13(17-16-12)24(21,22)18-11-6-4-10(5-7-11)15-9(2)19/h4-8,18H,3H2,1-2H3,(H,15,19)(H,16,17). The highest BCUT2D eigenvalue weighted by molar-refractivity contribution is 7.92. The fraction of sp³-hybridized carbons (Fsp3) is 0.214. The molecule has 24 heavy (non-hydrogen) atoms. The third-order valence-corrected chi connectivity index (χ3v) is 4.08. The molecular formula is C14H16N4O5S. The molecule has 0 spiro atoms. The van der Waals surface area contributed by atoms with Crippen molar-refractivity contribution >= 4 is 33.3 Å². The topological polar surface area (TPSA) is 130 Å².